The van der Waals surface area contributed by atoms with E-state index in [0.29, 0.717) is 35.7 Å². The largest absolute Gasteiger partial charge is 0.493 e. The van der Waals surface area contributed by atoms with Gasteiger partial charge in [0.15, 0.2) is 5.82 Å². The molecule has 0 amide bonds. The minimum atomic E-state index is -2.45. The van der Waals surface area contributed by atoms with Gasteiger partial charge in [-0.2, -0.15) is 0 Å². The van der Waals surface area contributed by atoms with Crippen LogP contribution in [0.1, 0.15) is 30.6 Å². The Morgan fingerprint density at radius 2 is 2.09 bits per heavy atom. The normalized spacial score (nSPS) is 17.7. The number of nitrogens with two attached hydrogens (primary N) is 1. The fourth-order valence-corrected chi connectivity index (χ4v) is 4.21. The average Bonchev–Trinajstić information content (AvgIpc) is 2.73. The standard InChI is InChI=1S/C23H25FN4O3S/c1-14-18-11-16(24)7-9-21(18)30-10-4-5-15-6-8-17(28-32(2,3)29)12-19(15)20-13-26-22(25)23(27-20)31-14/h6-9,11-14H,2,4-5,10H2,1,3H3,(H2,25,26)(H,28,29). The lowest BCUT2D eigenvalue weighted by Gasteiger charge is -2.19. The molecule has 2 unspecified atom stereocenters. The topological polar surface area (TPSA) is 99.4 Å². The van der Waals surface area contributed by atoms with Gasteiger partial charge in [-0.1, -0.05) is 6.07 Å². The smallest absolute Gasteiger partial charge is 0.258 e. The molecule has 2 atom stereocenters. The lowest BCUT2D eigenvalue weighted by molar-refractivity contribution is 0.208. The Kier molecular flexibility index (Phi) is 5.92. The van der Waals surface area contributed by atoms with Crippen LogP contribution < -0.4 is 19.9 Å². The van der Waals surface area contributed by atoms with Gasteiger partial charge in [-0.05, 0) is 61.5 Å². The van der Waals surface area contributed by atoms with Crippen molar-refractivity contribution in [3.63, 3.8) is 0 Å². The zero-order chi connectivity index (χ0) is 22.9. The number of halogens is 1. The second-order valence-electron chi connectivity index (χ2n) is 7.82. The summed E-state index contributed by atoms with van der Waals surface area (Å²) in [6, 6.07) is 10.0. The van der Waals surface area contributed by atoms with E-state index in [1.165, 1.54) is 18.4 Å². The number of aryl methyl sites for hydroxylation is 1. The van der Waals surface area contributed by atoms with Gasteiger partial charge in [0.1, 0.15) is 17.7 Å². The van der Waals surface area contributed by atoms with E-state index in [4.69, 9.17) is 15.2 Å². The number of hydrogen-bond donors (Lipinski definition) is 2. The van der Waals surface area contributed by atoms with Crippen LogP contribution in [0, 0.1) is 5.82 Å². The Hall–Kier alpha value is -3.33. The highest BCUT2D eigenvalue weighted by Crippen LogP contribution is 2.34. The molecule has 1 aliphatic rings. The van der Waals surface area contributed by atoms with Gasteiger partial charge in [0, 0.05) is 32.8 Å². The molecule has 0 spiro atoms. The van der Waals surface area contributed by atoms with Crippen molar-refractivity contribution in [2.24, 2.45) is 0 Å². The van der Waals surface area contributed by atoms with E-state index >= 15 is 0 Å². The summed E-state index contributed by atoms with van der Waals surface area (Å²) in [4.78, 5) is 8.86. The zero-order valence-corrected chi connectivity index (χ0v) is 18.7. The third-order valence-electron chi connectivity index (χ3n) is 5.03. The van der Waals surface area contributed by atoms with Gasteiger partial charge in [-0.15, -0.1) is 0 Å². The van der Waals surface area contributed by atoms with Crippen LogP contribution in [-0.2, 0) is 16.1 Å². The molecule has 32 heavy (non-hydrogen) atoms. The number of ether oxygens (including phenoxy) is 2. The number of hydrogen-bond acceptors (Lipinski definition) is 6. The second-order valence-corrected chi connectivity index (χ2v) is 10.0. The lowest BCUT2D eigenvalue weighted by Crippen LogP contribution is -2.10. The monoisotopic (exact) mass is 456 g/mol. The van der Waals surface area contributed by atoms with E-state index in [-0.39, 0.29) is 17.5 Å². The number of nitrogen functional groups attached to an aromatic ring is 1. The maximum Gasteiger partial charge on any atom is 0.258 e. The summed E-state index contributed by atoms with van der Waals surface area (Å²) in [5.74, 6) is 4.09. The Morgan fingerprint density at radius 3 is 2.88 bits per heavy atom. The molecule has 0 saturated heterocycles. The van der Waals surface area contributed by atoms with E-state index in [0.717, 1.165) is 17.5 Å². The first kappa shape index (κ1) is 21.9. The molecule has 3 aromatic rings. The van der Waals surface area contributed by atoms with Crippen LogP contribution in [0.5, 0.6) is 11.6 Å². The Morgan fingerprint density at radius 1 is 1.28 bits per heavy atom. The summed E-state index contributed by atoms with van der Waals surface area (Å²) < 4.78 is 40.9. The van der Waals surface area contributed by atoms with Crippen molar-refractivity contribution in [2.45, 2.75) is 25.9 Å². The molecule has 1 aliphatic heterocycles. The highest BCUT2D eigenvalue weighted by atomic mass is 32.2. The van der Waals surface area contributed by atoms with Crippen LogP contribution in [0.3, 0.4) is 0 Å². The molecule has 2 bridgehead atoms. The van der Waals surface area contributed by atoms with Crippen LogP contribution in [0.2, 0.25) is 0 Å². The van der Waals surface area contributed by atoms with Crippen LogP contribution >= 0.6 is 0 Å². The highest BCUT2D eigenvalue weighted by molar-refractivity contribution is 8.00. The van der Waals surface area contributed by atoms with Gasteiger partial charge in [0.2, 0.25) is 0 Å². The van der Waals surface area contributed by atoms with Crippen molar-refractivity contribution in [3.8, 4) is 22.9 Å². The van der Waals surface area contributed by atoms with Crippen molar-refractivity contribution < 1.29 is 18.1 Å². The molecule has 9 heteroatoms. The molecule has 2 heterocycles. The molecule has 4 rings (SSSR count). The summed E-state index contributed by atoms with van der Waals surface area (Å²) in [6.07, 6.45) is 3.96. The fourth-order valence-electron chi connectivity index (χ4n) is 3.59. The predicted octanol–water partition coefficient (Wildman–Crippen LogP) is 4.00. The van der Waals surface area contributed by atoms with Crippen molar-refractivity contribution >= 4 is 27.1 Å². The molecule has 0 saturated carbocycles. The van der Waals surface area contributed by atoms with Crippen molar-refractivity contribution in [2.75, 3.05) is 23.3 Å². The maximum absolute atomic E-state index is 13.9. The SMILES string of the molecule is C=S(C)(=O)Nc1ccc2c(c1)-c1cnc(N)c(n1)OC(C)c1cc(F)ccc1OCCC2. The maximum atomic E-state index is 13.9. The summed E-state index contributed by atoms with van der Waals surface area (Å²) in [5, 5.41) is 0. The zero-order valence-electron chi connectivity index (χ0n) is 17.9. The van der Waals surface area contributed by atoms with Crippen LogP contribution in [0.25, 0.3) is 11.3 Å². The number of rotatable bonds is 2. The fraction of sp³-hybridized carbons (Fsp3) is 0.261. The lowest BCUT2D eigenvalue weighted by atomic mass is 10.00. The van der Waals surface area contributed by atoms with Gasteiger partial charge >= 0.3 is 0 Å². The molecule has 0 fully saturated rings. The Balaban J connectivity index is 1.81. The van der Waals surface area contributed by atoms with E-state index in [9.17, 15) is 8.60 Å². The van der Waals surface area contributed by atoms with Crippen LogP contribution in [-0.4, -0.2) is 32.9 Å². The van der Waals surface area contributed by atoms with Gasteiger partial charge < -0.3 is 19.9 Å². The third kappa shape index (κ3) is 4.94. The molecule has 7 nitrogen and oxygen atoms in total. The third-order valence-corrected chi connectivity index (χ3v) is 5.70. The number of anilines is 2. The molecule has 3 N–H and O–H groups in total. The van der Waals surface area contributed by atoms with E-state index in [2.05, 4.69) is 20.6 Å². The number of nitrogens with one attached hydrogen (secondary N) is 1. The van der Waals surface area contributed by atoms with Crippen molar-refractivity contribution in [1.82, 2.24) is 9.97 Å². The second kappa shape index (κ2) is 8.66. The molecular weight excluding hydrogens is 431 g/mol. The first-order valence-corrected chi connectivity index (χ1v) is 12.3. The molecule has 168 valence electrons. The number of nitrogens with zero attached hydrogens (tertiary/aromatic N) is 2. The Labute approximate surface area is 186 Å². The minimum Gasteiger partial charge on any atom is -0.493 e. The summed E-state index contributed by atoms with van der Waals surface area (Å²) in [7, 11) is -2.45. The highest BCUT2D eigenvalue weighted by Gasteiger charge is 2.20. The van der Waals surface area contributed by atoms with Gasteiger partial charge in [-0.3, -0.25) is 0 Å². The molecular formula is C23H25FN4O3S. The first-order chi connectivity index (χ1) is 15.2. The van der Waals surface area contributed by atoms with Gasteiger partial charge in [-0.25, -0.2) is 18.6 Å². The number of aromatic nitrogens is 2. The summed E-state index contributed by atoms with van der Waals surface area (Å²) in [6.45, 7) is 2.22. The minimum absolute atomic E-state index is 0.125. The summed E-state index contributed by atoms with van der Waals surface area (Å²) in [5.41, 5.74) is 9.64. The van der Waals surface area contributed by atoms with Crippen LogP contribution in [0.4, 0.5) is 15.9 Å². The van der Waals surface area contributed by atoms with Gasteiger partial charge in [0.25, 0.3) is 5.88 Å². The molecule has 0 radical (unpaired) electrons. The van der Waals surface area contributed by atoms with Crippen molar-refractivity contribution in [1.29, 1.82) is 0 Å². The van der Waals surface area contributed by atoms with E-state index < -0.39 is 15.8 Å². The molecule has 2 aromatic carbocycles. The average molecular weight is 457 g/mol. The summed E-state index contributed by atoms with van der Waals surface area (Å²) >= 11 is 0. The van der Waals surface area contributed by atoms with E-state index in [1.807, 2.05) is 18.2 Å². The molecule has 0 aliphatic carbocycles. The number of benzene rings is 2. The van der Waals surface area contributed by atoms with Crippen molar-refractivity contribution in [3.05, 3.63) is 59.5 Å². The molecule has 1 aromatic heterocycles. The van der Waals surface area contributed by atoms with E-state index in [1.54, 1.807) is 19.2 Å². The van der Waals surface area contributed by atoms with Crippen LogP contribution in [0.15, 0.2) is 42.6 Å². The number of fused-ring (bicyclic) bond motifs is 5. The first-order valence-electron chi connectivity index (χ1n) is 10.1. The quantitative estimate of drug-likeness (QED) is 0.566. The predicted molar refractivity (Wildman–Crippen MR) is 126 cm³/mol. The Bertz CT molecular complexity index is 1260. The van der Waals surface area contributed by atoms with Gasteiger partial charge in [0.05, 0.1) is 18.5 Å².